The number of likely N-dealkylation sites (tertiary alicyclic amines) is 1. The first-order valence-electron chi connectivity index (χ1n) is 14.8. The normalized spacial score (nSPS) is 16.0. The molecule has 41 heavy (non-hydrogen) atoms. The Bertz CT molecular complexity index is 1140. The van der Waals surface area contributed by atoms with Crippen LogP contribution in [0.15, 0.2) is 42.5 Å². The molecule has 3 rings (SSSR count). The first kappa shape index (κ1) is 34.5. The second kappa shape index (κ2) is 16.7. The molecule has 1 fully saturated rings. The lowest BCUT2D eigenvalue weighted by Gasteiger charge is -2.32. The van der Waals surface area contributed by atoms with Gasteiger partial charge in [-0.25, -0.2) is 0 Å². The van der Waals surface area contributed by atoms with Crippen molar-refractivity contribution in [1.29, 1.82) is 0 Å². The van der Waals surface area contributed by atoms with Crippen LogP contribution in [0.3, 0.4) is 0 Å². The third kappa shape index (κ3) is 9.69. The standard InChI is InChI=1S/C32H48N4O4.ClH/c1-6-23(7-2)22-33-17-11-18-34-29(37)27(21-24-15-16-25-12-8-9-13-26(25)20-24)35-30(38)28-14-10-19-36(28)31(39)32(3,4)40-5;/h8-9,12-13,15-16,20,23,27-28,33H,6-7,10-11,14,17-19,21-22H2,1-5H3,(H,34,37)(H,35,38);1H/t27-,28?;/m1./s1. The van der Waals surface area contributed by atoms with Gasteiger partial charge in [0.25, 0.3) is 5.91 Å². The van der Waals surface area contributed by atoms with Gasteiger partial charge in [0, 0.05) is 26.6 Å². The van der Waals surface area contributed by atoms with E-state index >= 15 is 0 Å². The Morgan fingerprint density at radius 3 is 2.44 bits per heavy atom. The summed E-state index contributed by atoms with van der Waals surface area (Å²) in [5, 5.41) is 11.7. The molecule has 0 saturated carbocycles. The number of halogens is 1. The summed E-state index contributed by atoms with van der Waals surface area (Å²) in [4.78, 5) is 41.5. The lowest BCUT2D eigenvalue weighted by Crippen LogP contribution is -2.56. The number of carbonyl (C=O) groups is 3. The molecule has 1 unspecified atom stereocenters. The molecule has 2 atom stereocenters. The van der Waals surface area contributed by atoms with Crippen molar-refractivity contribution < 1.29 is 19.1 Å². The average Bonchev–Trinajstić information content (AvgIpc) is 3.46. The molecule has 0 spiro atoms. The number of benzene rings is 2. The van der Waals surface area contributed by atoms with Crippen LogP contribution in [0.4, 0.5) is 0 Å². The van der Waals surface area contributed by atoms with Crippen molar-refractivity contribution >= 4 is 40.9 Å². The Kier molecular flexibility index (Phi) is 14.0. The summed E-state index contributed by atoms with van der Waals surface area (Å²) >= 11 is 0. The predicted molar refractivity (Wildman–Crippen MR) is 167 cm³/mol. The highest BCUT2D eigenvalue weighted by molar-refractivity contribution is 5.94. The van der Waals surface area contributed by atoms with E-state index in [0.717, 1.165) is 55.1 Å². The monoisotopic (exact) mass is 588 g/mol. The Labute approximate surface area is 251 Å². The van der Waals surface area contributed by atoms with Crippen LogP contribution in [-0.4, -0.2) is 73.6 Å². The van der Waals surface area contributed by atoms with Crippen LogP contribution >= 0.6 is 12.4 Å². The second-order valence-electron chi connectivity index (χ2n) is 11.3. The quantitative estimate of drug-likeness (QED) is 0.270. The fourth-order valence-electron chi connectivity index (χ4n) is 5.23. The third-order valence-corrected chi connectivity index (χ3v) is 8.15. The Balaban J connectivity index is 0.00000588. The van der Waals surface area contributed by atoms with Crippen LogP contribution in [0, 0.1) is 5.92 Å². The number of hydrogen-bond acceptors (Lipinski definition) is 5. The number of hydrogen-bond donors (Lipinski definition) is 3. The molecule has 1 aliphatic heterocycles. The Morgan fingerprint density at radius 2 is 1.76 bits per heavy atom. The van der Waals surface area contributed by atoms with E-state index in [4.69, 9.17) is 4.74 Å². The fourth-order valence-corrected chi connectivity index (χ4v) is 5.23. The van der Waals surface area contributed by atoms with Crippen molar-refractivity contribution in [2.24, 2.45) is 5.92 Å². The maximum Gasteiger partial charge on any atom is 0.254 e. The molecule has 1 heterocycles. The zero-order valence-corrected chi connectivity index (χ0v) is 26.1. The zero-order chi connectivity index (χ0) is 29.1. The number of carbonyl (C=O) groups excluding carboxylic acids is 3. The number of fused-ring (bicyclic) bond motifs is 1. The van der Waals surface area contributed by atoms with Gasteiger partial charge in [0.15, 0.2) is 0 Å². The van der Waals surface area contributed by atoms with Gasteiger partial charge in [-0.1, -0.05) is 69.2 Å². The van der Waals surface area contributed by atoms with Crippen LogP contribution < -0.4 is 16.0 Å². The highest BCUT2D eigenvalue weighted by atomic mass is 35.5. The van der Waals surface area contributed by atoms with E-state index in [2.05, 4.69) is 41.9 Å². The molecule has 1 aliphatic rings. The molecule has 0 aromatic heterocycles. The summed E-state index contributed by atoms with van der Waals surface area (Å²) in [6, 6.07) is 12.8. The van der Waals surface area contributed by atoms with Gasteiger partial charge in [-0.15, -0.1) is 12.4 Å². The molecule has 9 heteroatoms. The van der Waals surface area contributed by atoms with Gasteiger partial charge in [-0.3, -0.25) is 14.4 Å². The van der Waals surface area contributed by atoms with Gasteiger partial charge in [-0.2, -0.15) is 0 Å². The van der Waals surface area contributed by atoms with Gasteiger partial charge in [0.2, 0.25) is 11.8 Å². The lowest BCUT2D eigenvalue weighted by molar-refractivity contribution is -0.154. The van der Waals surface area contributed by atoms with E-state index in [0.29, 0.717) is 31.8 Å². The second-order valence-corrected chi connectivity index (χ2v) is 11.3. The van der Waals surface area contributed by atoms with Crippen molar-refractivity contribution in [2.75, 3.05) is 33.3 Å². The number of amides is 3. The Hall–Kier alpha value is -2.68. The number of rotatable bonds is 15. The topological polar surface area (TPSA) is 99.8 Å². The van der Waals surface area contributed by atoms with Crippen LogP contribution in [0.1, 0.15) is 65.4 Å². The molecule has 0 aliphatic carbocycles. The lowest BCUT2D eigenvalue weighted by atomic mass is 10.0. The number of methoxy groups -OCH3 is 1. The number of ether oxygens (including phenoxy) is 1. The largest absolute Gasteiger partial charge is 0.369 e. The van der Waals surface area contributed by atoms with Gasteiger partial charge in [-0.05, 0) is 68.5 Å². The molecule has 0 bridgehead atoms. The maximum absolute atomic E-state index is 13.5. The maximum atomic E-state index is 13.5. The van der Waals surface area contributed by atoms with E-state index < -0.39 is 17.7 Å². The van der Waals surface area contributed by atoms with Crippen LogP contribution in [0.5, 0.6) is 0 Å². The fraction of sp³-hybridized carbons (Fsp3) is 0.594. The minimum absolute atomic E-state index is 0. The van der Waals surface area contributed by atoms with E-state index in [1.165, 1.54) is 7.11 Å². The predicted octanol–water partition coefficient (Wildman–Crippen LogP) is 4.24. The molecular weight excluding hydrogens is 540 g/mol. The van der Waals surface area contributed by atoms with E-state index in [1.807, 2.05) is 30.3 Å². The molecule has 8 nitrogen and oxygen atoms in total. The first-order chi connectivity index (χ1) is 19.2. The summed E-state index contributed by atoms with van der Waals surface area (Å²) in [5.74, 6) is -0.0585. The molecule has 1 saturated heterocycles. The number of nitrogens with zero attached hydrogens (tertiary/aromatic N) is 1. The highest BCUT2D eigenvalue weighted by Gasteiger charge is 2.41. The molecule has 3 amide bonds. The van der Waals surface area contributed by atoms with Crippen LogP contribution in [0.25, 0.3) is 10.8 Å². The Morgan fingerprint density at radius 1 is 1.05 bits per heavy atom. The van der Waals surface area contributed by atoms with Gasteiger partial charge >= 0.3 is 0 Å². The minimum atomic E-state index is -1.02. The summed E-state index contributed by atoms with van der Waals surface area (Å²) < 4.78 is 5.38. The van der Waals surface area contributed by atoms with Crippen molar-refractivity contribution in [3.8, 4) is 0 Å². The van der Waals surface area contributed by atoms with E-state index in [-0.39, 0.29) is 30.1 Å². The first-order valence-corrected chi connectivity index (χ1v) is 14.8. The van der Waals surface area contributed by atoms with Crippen LogP contribution in [-0.2, 0) is 25.5 Å². The summed E-state index contributed by atoms with van der Waals surface area (Å²) in [6.07, 6.45) is 4.77. The van der Waals surface area contributed by atoms with Gasteiger partial charge < -0.3 is 25.6 Å². The van der Waals surface area contributed by atoms with E-state index in [1.54, 1.807) is 18.7 Å². The van der Waals surface area contributed by atoms with Crippen molar-refractivity contribution in [1.82, 2.24) is 20.9 Å². The molecule has 228 valence electrons. The molecule has 3 N–H and O–H groups in total. The zero-order valence-electron chi connectivity index (χ0n) is 25.3. The van der Waals surface area contributed by atoms with Gasteiger partial charge in [0.05, 0.1) is 0 Å². The van der Waals surface area contributed by atoms with Crippen molar-refractivity contribution in [2.45, 2.75) is 83.9 Å². The highest BCUT2D eigenvalue weighted by Crippen LogP contribution is 2.24. The third-order valence-electron chi connectivity index (χ3n) is 8.15. The molecule has 2 aromatic carbocycles. The van der Waals surface area contributed by atoms with Crippen molar-refractivity contribution in [3.05, 3.63) is 48.0 Å². The number of nitrogens with one attached hydrogen (secondary N) is 3. The van der Waals surface area contributed by atoms with Crippen LogP contribution in [0.2, 0.25) is 0 Å². The SMILES string of the molecule is CCC(CC)CNCCCNC(=O)[C@@H](Cc1ccc2ccccc2c1)NC(=O)C1CCCN1C(=O)C(C)(C)OC.Cl. The summed E-state index contributed by atoms with van der Waals surface area (Å²) in [6.45, 7) is 10.7. The molecule has 0 radical (unpaired) electrons. The van der Waals surface area contributed by atoms with E-state index in [9.17, 15) is 14.4 Å². The molecular formula is C32H49ClN4O4. The smallest absolute Gasteiger partial charge is 0.254 e. The average molecular weight is 589 g/mol. The minimum Gasteiger partial charge on any atom is -0.369 e. The summed E-state index contributed by atoms with van der Waals surface area (Å²) in [7, 11) is 1.49. The summed E-state index contributed by atoms with van der Waals surface area (Å²) in [5.41, 5.74) is -0.0570. The van der Waals surface area contributed by atoms with Gasteiger partial charge in [0.1, 0.15) is 17.7 Å². The molecule has 2 aromatic rings. The van der Waals surface area contributed by atoms with Crippen molar-refractivity contribution in [3.63, 3.8) is 0 Å².